The lowest BCUT2D eigenvalue weighted by atomic mass is 9.85. The minimum Gasteiger partial charge on any atom is -0.491 e. The molecule has 1 atom stereocenters. The van der Waals surface area contributed by atoms with Crippen LogP contribution < -0.4 is 10.1 Å². The summed E-state index contributed by atoms with van der Waals surface area (Å²) in [5, 5.41) is 13.2. The SMILES string of the molecule is CC1(C)C(=O)Nc2ccc(C(O)COc3ccccc3)cc21. The van der Waals surface area contributed by atoms with Gasteiger partial charge in [0.05, 0.1) is 5.41 Å². The molecule has 1 aliphatic heterocycles. The normalized spacial score (nSPS) is 16.8. The molecule has 114 valence electrons. The van der Waals surface area contributed by atoms with Crippen molar-refractivity contribution < 1.29 is 14.6 Å². The number of aliphatic hydroxyl groups is 1. The van der Waals surface area contributed by atoms with E-state index in [1.54, 1.807) is 0 Å². The highest BCUT2D eigenvalue weighted by Gasteiger charge is 2.38. The van der Waals surface area contributed by atoms with Gasteiger partial charge in [-0.1, -0.05) is 24.3 Å². The predicted molar refractivity (Wildman–Crippen MR) is 85.0 cm³/mol. The molecule has 0 aliphatic carbocycles. The van der Waals surface area contributed by atoms with Crippen LogP contribution in [-0.2, 0) is 10.2 Å². The summed E-state index contributed by atoms with van der Waals surface area (Å²) in [6.07, 6.45) is -0.739. The molecule has 1 heterocycles. The average Bonchev–Trinajstić information content (AvgIpc) is 2.75. The molecule has 4 nitrogen and oxygen atoms in total. The molecule has 4 heteroatoms. The standard InChI is InChI=1S/C18H19NO3/c1-18(2)14-10-12(8-9-15(14)19-17(18)21)16(20)11-22-13-6-4-3-5-7-13/h3-10,16,20H,11H2,1-2H3,(H,19,21). The van der Waals surface area contributed by atoms with E-state index in [-0.39, 0.29) is 12.5 Å². The molecule has 22 heavy (non-hydrogen) atoms. The number of amides is 1. The van der Waals surface area contributed by atoms with E-state index >= 15 is 0 Å². The largest absolute Gasteiger partial charge is 0.491 e. The third-order valence-electron chi connectivity index (χ3n) is 4.07. The first kappa shape index (κ1) is 14.6. The molecular formula is C18H19NO3. The molecule has 0 fully saturated rings. The van der Waals surface area contributed by atoms with Crippen molar-refractivity contribution in [1.82, 2.24) is 0 Å². The number of rotatable bonds is 4. The Kier molecular flexibility index (Phi) is 3.62. The Labute approximate surface area is 129 Å². The molecule has 1 amide bonds. The van der Waals surface area contributed by atoms with Gasteiger partial charge in [0, 0.05) is 5.69 Å². The minimum absolute atomic E-state index is 0.0188. The van der Waals surface area contributed by atoms with E-state index in [2.05, 4.69) is 5.32 Å². The number of nitrogens with one attached hydrogen (secondary N) is 1. The molecule has 0 aromatic heterocycles. The zero-order valence-corrected chi connectivity index (χ0v) is 12.7. The molecule has 2 N–H and O–H groups in total. The molecule has 0 spiro atoms. The van der Waals surface area contributed by atoms with Crippen LogP contribution >= 0.6 is 0 Å². The van der Waals surface area contributed by atoms with Gasteiger partial charge >= 0.3 is 0 Å². The maximum Gasteiger partial charge on any atom is 0.234 e. The molecule has 1 unspecified atom stereocenters. The fourth-order valence-electron chi connectivity index (χ4n) is 2.58. The smallest absolute Gasteiger partial charge is 0.234 e. The molecule has 0 radical (unpaired) electrons. The van der Waals surface area contributed by atoms with Crippen LogP contribution in [0.2, 0.25) is 0 Å². The summed E-state index contributed by atoms with van der Waals surface area (Å²) in [5.41, 5.74) is 1.90. The third kappa shape index (κ3) is 2.57. The van der Waals surface area contributed by atoms with Crippen molar-refractivity contribution in [3.8, 4) is 5.75 Å². The van der Waals surface area contributed by atoms with Gasteiger partial charge in [-0.05, 0) is 49.2 Å². The number of fused-ring (bicyclic) bond motifs is 1. The summed E-state index contributed by atoms with van der Waals surface area (Å²) in [7, 11) is 0. The van der Waals surface area contributed by atoms with Gasteiger partial charge in [0.15, 0.2) is 0 Å². The van der Waals surface area contributed by atoms with Crippen molar-refractivity contribution in [1.29, 1.82) is 0 Å². The van der Waals surface area contributed by atoms with Crippen LogP contribution in [-0.4, -0.2) is 17.6 Å². The topological polar surface area (TPSA) is 58.6 Å². The van der Waals surface area contributed by atoms with E-state index in [4.69, 9.17) is 4.74 Å². The van der Waals surface area contributed by atoms with Crippen molar-refractivity contribution in [3.63, 3.8) is 0 Å². The van der Waals surface area contributed by atoms with Crippen LogP contribution in [0.5, 0.6) is 5.75 Å². The lowest BCUT2D eigenvalue weighted by molar-refractivity contribution is -0.119. The molecule has 0 saturated heterocycles. The lowest BCUT2D eigenvalue weighted by Gasteiger charge is -2.18. The average molecular weight is 297 g/mol. The van der Waals surface area contributed by atoms with Crippen LogP contribution in [0.3, 0.4) is 0 Å². The molecule has 3 rings (SSSR count). The van der Waals surface area contributed by atoms with Crippen LogP contribution in [0.1, 0.15) is 31.1 Å². The van der Waals surface area contributed by atoms with Crippen LogP contribution in [0.15, 0.2) is 48.5 Å². The van der Waals surface area contributed by atoms with Gasteiger partial charge in [0.1, 0.15) is 18.5 Å². The highest BCUT2D eigenvalue weighted by Crippen LogP contribution is 2.38. The van der Waals surface area contributed by atoms with Gasteiger partial charge in [0.25, 0.3) is 0 Å². The van der Waals surface area contributed by atoms with Crippen molar-refractivity contribution in [3.05, 3.63) is 59.7 Å². The van der Waals surface area contributed by atoms with Crippen LogP contribution in [0, 0.1) is 0 Å². The highest BCUT2D eigenvalue weighted by molar-refractivity contribution is 6.05. The Hall–Kier alpha value is -2.33. The number of carbonyl (C=O) groups is 1. The van der Waals surface area contributed by atoms with Gasteiger partial charge in [-0.25, -0.2) is 0 Å². The fraction of sp³-hybridized carbons (Fsp3) is 0.278. The molecule has 2 aromatic rings. The summed E-state index contributed by atoms with van der Waals surface area (Å²) < 4.78 is 5.58. The second-order valence-electron chi connectivity index (χ2n) is 6.02. The van der Waals surface area contributed by atoms with Gasteiger partial charge in [-0.15, -0.1) is 0 Å². The van der Waals surface area contributed by atoms with Crippen molar-refractivity contribution in [2.24, 2.45) is 0 Å². The third-order valence-corrected chi connectivity index (χ3v) is 4.07. The van der Waals surface area contributed by atoms with E-state index in [0.717, 1.165) is 22.6 Å². The first-order chi connectivity index (χ1) is 10.5. The highest BCUT2D eigenvalue weighted by atomic mass is 16.5. The van der Waals surface area contributed by atoms with Crippen LogP contribution in [0.4, 0.5) is 5.69 Å². The van der Waals surface area contributed by atoms with Crippen LogP contribution in [0.25, 0.3) is 0 Å². The number of aliphatic hydroxyl groups excluding tert-OH is 1. The maximum atomic E-state index is 11.9. The van der Waals surface area contributed by atoms with Gasteiger partial charge in [-0.3, -0.25) is 4.79 Å². The van der Waals surface area contributed by atoms with Gasteiger partial charge < -0.3 is 15.2 Å². The summed E-state index contributed by atoms with van der Waals surface area (Å²) >= 11 is 0. The number of anilines is 1. The van der Waals surface area contributed by atoms with E-state index in [1.807, 2.05) is 62.4 Å². The van der Waals surface area contributed by atoms with E-state index in [0.29, 0.717) is 0 Å². The van der Waals surface area contributed by atoms with Crippen molar-refractivity contribution in [2.45, 2.75) is 25.4 Å². The molecular weight excluding hydrogens is 278 g/mol. The van der Waals surface area contributed by atoms with Gasteiger partial charge in [0.2, 0.25) is 5.91 Å². The summed E-state index contributed by atoms with van der Waals surface area (Å²) in [6.45, 7) is 3.93. The summed E-state index contributed by atoms with van der Waals surface area (Å²) in [5.74, 6) is 0.703. The number of hydrogen-bond acceptors (Lipinski definition) is 3. The predicted octanol–water partition coefficient (Wildman–Crippen LogP) is 3.03. The zero-order valence-electron chi connectivity index (χ0n) is 12.7. The Morgan fingerprint density at radius 1 is 1.18 bits per heavy atom. The Bertz CT molecular complexity index is 695. The summed E-state index contributed by atoms with van der Waals surface area (Å²) in [6, 6.07) is 14.9. The molecule has 0 saturated carbocycles. The Balaban J connectivity index is 1.76. The zero-order chi connectivity index (χ0) is 15.7. The Morgan fingerprint density at radius 3 is 2.64 bits per heavy atom. The quantitative estimate of drug-likeness (QED) is 0.912. The Morgan fingerprint density at radius 2 is 1.91 bits per heavy atom. The van der Waals surface area contributed by atoms with E-state index in [1.165, 1.54) is 0 Å². The van der Waals surface area contributed by atoms with E-state index in [9.17, 15) is 9.90 Å². The molecule has 0 bridgehead atoms. The number of benzene rings is 2. The number of hydrogen-bond donors (Lipinski definition) is 2. The monoisotopic (exact) mass is 297 g/mol. The fourth-order valence-corrected chi connectivity index (χ4v) is 2.58. The second kappa shape index (κ2) is 5.46. The number of para-hydroxylation sites is 1. The second-order valence-corrected chi connectivity index (χ2v) is 6.02. The van der Waals surface area contributed by atoms with Gasteiger partial charge in [-0.2, -0.15) is 0 Å². The lowest BCUT2D eigenvalue weighted by Crippen LogP contribution is -2.27. The maximum absolute atomic E-state index is 11.9. The molecule has 2 aromatic carbocycles. The first-order valence-electron chi connectivity index (χ1n) is 7.30. The minimum atomic E-state index is -0.739. The van der Waals surface area contributed by atoms with Crippen molar-refractivity contribution >= 4 is 11.6 Å². The van der Waals surface area contributed by atoms with Crippen molar-refractivity contribution in [2.75, 3.05) is 11.9 Å². The van der Waals surface area contributed by atoms with E-state index < -0.39 is 11.5 Å². The number of ether oxygens (including phenoxy) is 1. The summed E-state index contributed by atoms with van der Waals surface area (Å²) in [4.78, 5) is 11.9. The number of carbonyl (C=O) groups excluding carboxylic acids is 1. The first-order valence-corrected chi connectivity index (χ1v) is 7.30. The molecule has 1 aliphatic rings.